The topological polar surface area (TPSA) is 44.2 Å². The van der Waals surface area contributed by atoms with Gasteiger partial charge in [0.1, 0.15) is 23.3 Å². The van der Waals surface area contributed by atoms with E-state index >= 15 is 0 Å². The van der Waals surface area contributed by atoms with Gasteiger partial charge in [-0.2, -0.15) is 4.98 Å². The summed E-state index contributed by atoms with van der Waals surface area (Å²) in [5.74, 6) is 0.299. The largest absolute Gasteiger partial charge is 0.439 e. The van der Waals surface area contributed by atoms with Crippen LogP contribution in [0, 0.1) is 5.82 Å². The minimum absolute atomic E-state index is 0.0232. The fraction of sp³-hybridized carbons (Fsp3) is 0.231. The van der Waals surface area contributed by atoms with Crippen LogP contribution in [0.25, 0.3) is 0 Å². The first-order valence-corrected chi connectivity index (χ1v) is 6.58. The molecule has 1 aromatic carbocycles. The van der Waals surface area contributed by atoms with E-state index in [1.54, 1.807) is 0 Å². The Hall–Kier alpha value is -1.43. The highest BCUT2D eigenvalue weighted by Gasteiger charge is 2.07. The van der Waals surface area contributed by atoms with E-state index in [1.807, 2.05) is 6.92 Å². The number of ether oxygens (including phenoxy) is 2. The van der Waals surface area contributed by atoms with Crippen LogP contribution in [-0.4, -0.2) is 16.6 Å². The number of nitrogens with zero attached hydrogens (tertiary/aromatic N) is 2. The summed E-state index contributed by atoms with van der Waals surface area (Å²) in [6.45, 7) is 2.62. The minimum Gasteiger partial charge on any atom is -0.439 e. The fourth-order valence-corrected chi connectivity index (χ4v) is 1.72. The van der Waals surface area contributed by atoms with Crippen LogP contribution in [-0.2, 0) is 11.3 Å². The summed E-state index contributed by atoms with van der Waals surface area (Å²) in [5.41, 5.74) is 0. The summed E-state index contributed by atoms with van der Waals surface area (Å²) in [6.07, 6.45) is 0. The molecule has 4 nitrogen and oxygen atoms in total. The van der Waals surface area contributed by atoms with Gasteiger partial charge >= 0.3 is 0 Å². The first kappa shape index (κ1) is 15.0. The average Bonchev–Trinajstić information content (AvgIpc) is 2.40. The van der Waals surface area contributed by atoms with Crippen LogP contribution in [0.4, 0.5) is 4.39 Å². The van der Waals surface area contributed by atoms with E-state index in [9.17, 15) is 4.39 Å². The maximum atomic E-state index is 13.3. The Morgan fingerprint density at radius 3 is 2.70 bits per heavy atom. The first-order chi connectivity index (χ1) is 9.58. The monoisotopic (exact) mass is 316 g/mol. The number of rotatable bonds is 5. The highest BCUT2D eigenvalue weighted by Crippen LogP contribution is 2.25. The second-order valence-electron chi connectivity index (χ2n) is 3.76. The Morgan fingerprint density at radius 1 is 1.20 bits per heavy atom. The lowest BCUT2D eigenvalue weighted by molar-refractivity contribution is 0.128. The lowest BCUT2D eigenvalue weighted by Crippen LogP contribution is -2.01. The van der Waals surface area contributed by atoms with Crippen LogP contribution in [0.15, 0.2) is 24.3 Å². The Labute approximate surface area is 125 Å². The van der Waals surface area contributed by atoms with Gasteiger partial charge in [0.2, 0.25) is 5.88 Å². The van der Waals surface area contributed by atoms with Gasteiger partial charge in [-0.25, -0.2) is 9.37 Å². The van der Waals surface area contributed by atoms with Gasteiger partial charge in [0, 0.05) is 18.7 Å². The van der Waals surface area contributed by atoms with Gasteiger partial charge in [-0.3, -0.25) is 0 Å². The number of benzene rings is 1. The molecule has 0 atom stereocenters. The van der Waals surface area contributed by atoms with Gasteiger partial charge in [0.05, 0.1) is 5.02 Å². The molecule has 0 radical (unpaired) electrons. The Balaban J connectivity index is 2.19. The molecule has 0 aliphatic carbocycles. The van der Waals surface area contributed by atoms with E-state index in [2.05, 4.69) is 9.97 Å². The SMILES string of the molecule is CCOCc1nc(Cl)cc(Oc2ccc(Cl)c(F)c2)n1. The second-order valence-corrected chi connectivity index (χ2v) is 4.55. The van der Waals surface area contributed by atoms with Crippen molar-refractivity contribution in [3.05, 3.63) is 46.1 Å². The van der Waals surface area contributed by atoms with E-state index in [4.69, 9.17) is 32.7 Å². The molecule has 20 heavy (non-hydrogen) atoms. The van der Waals surface area contributed by atoms with Crippen LogP contribution >= 0.6 is 23.2 Å². The maximum Gasteiger partial charge on any atom is 0.224 e. The van der Waals surface area contributed by atoms with Gasteiger partial charge in [0.15, 0.2) is 5.82 Å². The molecule has 1 heterocycles. The van der Waals surface area contributed by atoms with E-state index in [-0.39, 0.29) is 28.4 Å². The van der Waals surface area contributed by atoms with Crippen molar-refractivity contribution in [2.75, 3.05) is 6.61 Å². The van der Waals surface area contributed by atoms with Gasteiger partial charge in [0.25, 0.3) is 0 Å². The highest BCUT2D eigenvalue weighted by atomic mass is 35.5. The molecule has 0 unspecified atom stereocenters. The molecule has 0 aliphatic rings. The molecule has 0 amide bonds. The zero-order chi connectivity index (χ0) is 14.5. The zero-order valence-corrected chi connectivity index (χ0v) is 12.1. The van der Waals surface area contributed by atoms with E-state index in [0.717, 1.165) is 0 Å². The molecule has 7 heteroatoms. The van der Waals surface area contributed by atoms with Crippen molar-refractivity contribution in [2.24, 2.45) is 0 Å². The van der Waals surface area contributed by atoms with E-state index in [1.165, 1.54) is 24.3 Å². The Kier molecular flexibility index (Phi) is 5.11. The number of aromatic nitrogens is 2. The molecule has 0 spiro atoms. The number of hydrogen-bond acceptors (Lipinski definition) is 4. The summed E-state index contributed by atoms with van der Waals surface area (Å²) in [5, 5.41) is 0.245. The predicted molar refractivity (Wildman–Crippen MR) is 73.9 cm³/mol. The summed E-state index contributed by atoms with van der Waals surface area (Å²) in [7, 11) is 0. The summed E-state index contributed by atoms with van der Waals surface area (Å²) < 4.78 is 23.9. The van der Waals surface area contributed by atoms with Crippen molar-refractivity contribution in [3.63, 3.8) is 0 Å². The molecular weight excluding hydrogens is 306 g/mol. The molecular formula is C13H11Cl2FN2O2. The fourth-order valence-electron chi connectivity index (χ4n) is 1.41. The highest BCUT2D eigenvalue weighted by molar-refractivity contribution is 6.30. The molecule has 0 N–H and O–H groups in total. The molecule has 1 aromatic heterocycles. The number of hydrogen-bond donors (Lipinski definition) is 0. The Morgan fingerprint density at radius 2 is 2.00 bits per heavy atom. The molecule has 0 fully saturated rings. The smallest absolute Gasteiger partial charge is 0.224 e. The molecule has 0 aliphatic heterocycles. The van der Waals surface area contributed by atoms with Gasteiger partial charge < -0.3 is 9.47 Å². The van der Waals surface area contributed by atoms with Crippen LogP contribution in [0.5, 0.6) is 11.6 Å². The van der Waals surface area contributed by atoms with Gasteiger partial charge in [-0.15, -0.1) is 0 Å². The third-order valence-corrected chi connectivity index (χ3v) is 2.77. The third-order valence-electron chi connectivity index (χ3n) is 2.27. The van der Waals surface area contributed by atoms with Crippen molar-refractivity contribution in [2.45, 2.75) is 13.5 Å². The maximum absolute atomic E-state index is 13.3. The first-order valence-electron chi connectivity index (χ1n) is 5.82. The Bertz CT molecular complexity index is 611. The lowest BCUT2D eigenvalue weighted by Gasteiger charge is -2.07. The van der Waals surface area contributed by atoms with Crippen LogP contribution < -0.4 is 4.74 Å². The molecule has 0 bridgehead atoms. The summed E-state index contributed by atoms with van der Waals surface area (Å²) in [4.78, 5) is 8.12. The standard InChI is InChI=1S/C13H11Cl2FN2O2/c1-2-19-7-12-17-11(15)6-13(18-12)20-8-3-4-9(14)10(16)5-8/h3-6H,2,7H2,1H3. The molecule has 2 aromatic rings. The van der Waals surface area contributed by atoms with Crippen molar-refractivity contribution < 1.29 is 13.9 Å². The van der Waals surface area contributed by atoms with Crippen molar-refractivity contribution in [1.82, 2.24) is 9.97 Å². The third kappa shape index (κ3) is 4.03. The van der Waals surface area contributed by atoms with Gasteiger partial charge in [-0.05, 0) is 19.1 Å². The van der Waals surface area contributed by atoms with E-state index in [0.29, 0.717) is 12.4 Å². The molecule has 106 valence electrons. The molecule has 2 rings (SSSR count). The minimum atomic E-state index is -0.571. The zero-order valence-electron chi connectivity index (χ0n) is 10.6. The predicted octanol–water partition coefficient (Wildman–Crippen LogP) is 4.25. The average molecular weight is 317 g/mol. The van der Waals surface area contributed by atoms with Crippen LogP contribution in [0.1, 0.15) is 12.7 Å². The lowest BCUT2D eigenvalue weighted by atomic mass is 10.3. The van der Waals surface area contributed by atoms with Crippen molar-refractivity contribution in [1.29, 1.82) is 0 Å². The summed E-state index contributed by atoms with van der Waals surface area (Å²) in [6, 6.07) is 5.53. The van der Waals surface area contributed by atoms with E-state index < -0.39 is 5.82 Å². The van der Waals surface area contributed by atoms with Crippen LogP contribution in [0.2, 0.25) is 10.2 Å². The second kappa shape index (κ2) is 6.83. The number of halogens is 3. The van der Waals surface area contributed by atoms with Crippen molar-refractivity contribution >= 4 is 23.2 Å². The van der Waals surface area contributed by atoms with Crippen LogP contribution in [0.3, 0.4) is 0 Å². The normalized spacial score (nSPS) is 10.6. The molecule has 0 saturated carbocycles. The molecule has 0 saturated heterocycles. The van der Waals surface area contributed by atoms with Crippen molar-refractivity contribution in [3.8, 4) is 11.6 Å². The quantitative estimate of drug-likeness (QED) is 0.773. The van der Waals surface area contributed by atoms with Gasteiger partial charge in [-0.1, -0.05) is 23.2 Å². The summed E-state index contributed by atoms with van der Waals surface area (Å²) >= 11 is 11.5.